The first-order valence-electron chi connectivity index (χ1n) is 6.32. The largest absolute Gasteiger partial charge is 0.311 e. The van der Waals surface area contributed by atoms with E-state index in [-0.39, 0.29) is 5.54 Å². The van der Waals surface area contributed by atoms with Crippen molar-refractivity contribution in [1.29, 1.82) is 0 Å². The molecule has 0 aromatic carbocycles. The van der Waals surface area contributed by atoms with Crippen LogP contribution in [0.15, 0.2) is 0 Å². The third kappa shape index (κ3) is 9.13. The second-order valence-corrected chi connectivity index (χ2v) is 6.12. The Bertz CT molecular complexity index is 173. The molecule has 0 heterocycles. The molecule has 98 valence electrons. The molecule has 0 spiro atoms. The summed E-state index contributed by atoms with van der Waals surface area (Å²) in [5.74, 6) is 0. The van der Waals surface area contributed by atoms with E-state index in [1.807, 2.05) is 0 Å². The Balaban J connectivity index is 3.69. The predicted molar refractivity (Wildman–Crippen MR) is 73.0 cm³/mol. The zero-order valence-electron chi connectivity index (χ0n) is 12.3. The summed E-state index contributed by atoms with van der Waals surface area (Å²) >= 11 is 0. The highest BCUT2D eigenvalue weighted by molar-refractivity contribution is 4.75. The van der Waals surface area contributed by atoms with Crippen LogP contribution >= 0.6 is 0 Å². The molecule has 0 aliphatic rings. The molecule has 1 N–H and O–H groups in total. The van der Waals surface area contributed by atoms with Gasteiger partial charge in [-0.1, -0.05) is 0 Å². The number of hydrogen-bond donors (Lipinski definition) is 1. The Hall–Kier alpha value is -0.120. The second kappa shape index (κ2) is 7.25. The lowest BCUT2D eigenvalue weighted by Gasteiger charge is -2.29. The standard InChI is InChI=1S/C13H31N3/c1-12(11-14-13(2,3)4)16(7)10-8-9-15(5)6/h12,14H,8-11H2,1-7H3. The van der Waals surface area contributed by atoms with Crippen molar-refractivity contribution in [2.75, 3.05) is 40.8 Å². The highest BCUT2D eigenvalue weighted by atomic mass is 15.2. The van der Waals surface area contributed by atoms with Crippen LogP contribution in [-0.2, 0) is 0 Å². The van der Waals surface area contributed by atoms with Gasteiger partial charge in [0.25, 0.3) is 0 Å². The van der Waals surface area contributed by atoms with Gasteiger partial charge in [-0.2, -0.15) is 0 Å². The molecular formula is C13H31N3. The van der Waals surface area contributed by atoms with Crippen LogP contribution < -0.4 is 5.32 Å². The summed E-state index contributed by atoms with van der Waals surface area (Å²) in [6.07, 6.45) is 1.24. The fraction of sp³-hybridized carbons (Fsp3) is 1.00. The SMILES string of the molecule is CC(CNC(C)(C)C)N(C)CCCN(C)C. The average Bonchev–Trinajstić information content (AvgIpc) is 2.12. The van der Waals surface area contributed by atoms with Crippen molar-refractivity contribution < 1.29 is 0 Å². The maximum atomic E-state index is 3.55. The predicted octanol–water partition coefficient (Wildman–Crippen LogP) is 1.65. The van der Waals surface area contributed by atoms with E-state index < -0.39 is 0 Å². The van der Waals surface area contributed by atoms with Crippen molar-refractivity contribution in [1.82, 2.24) is 15.1 Å². The van der Waals surface area contributed by atoms with Crippen LogP contribution in [-0.4, -0.2) is 62.2 Å². The molecule has 3 heteroatoms. The van der Waals surface area contributed by atoms with Crippen LogP contribution in [0.2, 0.25) is 0 Å². The van der Waals surface area contributed by atoms with Gasteiger partial charge in [-0.25, -0.2) is 0 Å². The van der Waals surface area contributed by atoms with E-state index in [0.717, 1.165) is 6.54 Å². The van der Waals surface area contributed by atoms with Crippen LogP contribution in [0.3, 0.4) is 0 Å². The Morgan fingerprint density at radius 1 is 1.06 bits per heavy atom. The van der Waals surface area contributed by atoms with Crippen molar-refractivity contribution >= 4 is 0 Å². The van der Waals surface area contributed by atoms with E-state index in [1.54, 1.807) is 0 Å². The third-order valence-electron chi connectivity index (χ3n) is 2.80. The third-order valence-corrected chi connectivity index (χ3v) is 2.80. The zero-order chi connectivity index (χ0) is 12.8. The second-order valence-electron chi connectivity index (χ2n) is 6.12. The highest BCUT2D eigenvalue weighted by Crippen LogP contribution is 2.02. The van der Waals surface area contributed by atoms with Crippen LogP contribution in [0.1, 0.15) is 34.1 Å². The monoisotopic (exact) mass is 229 g/mol. The van der Waals surface area contributed by atoms with Crippen molar-refractivity contribution in [3.8, 4) is 0 Å². The number of nitrogens with one attached hydrogen (secondary N) is 1. The summed E-state index contributed by atoms with van der Waals surface area (Å²) in [4.78, 5) is 4.67. The van der Waals surface area contributed by atoms with Gasteiger partial charge in [0.1, 0.15) is 0 Å². The molecule has 0 saturated heterocycles. The molecule has 1 unspecified atom stereocenters. The molecule has 16 heavy (non-hydrogen) atoms. The first-order valence-corrected chi connectivity index (χ1v) is 6.32. The van der Waals surface area contributed by atoms with Crippen molar-refractivity contribution in [3.63, 3.8) is 0 Å². The van der Waals surface area contributed by atoms with Crippen LogP contribution in [0.5, 0.6) is 0 Å². The molecule has 0 radical (unpaired) electrons. The van der Waals surface area contributed by atoms with E-state index in [2.05, 4.69) is 64.0 Å². The van der Waals surface area contributed by atoms with Gasteiger partial charge in [0.15, 0.2) is 0 Å². The van der Waals surface area contributed by atoms with Crippen LogP contribution in [0.4, 0.5) is 0 Å². The Morgan fingerprint density at radius 2 is 1.62 bits per heavy atom. The minimum atomic E-state index is 0.221. The van der Waals surface area contributed by atoms with Crippen molar-refractivity contribution in [2.24, 2.45) is 0 Å². The van der Waals surface area contributed by atoms with E-state index in [9.17, 15) is 0 Å². The summed E-state index contributed by atoms with van der Waals surface area (Å²) in [5.41, 5.74) is 0.221. The summed E-state index contributed by atoms with van der Waals surface area (Å²) in [7, 11) is 6.47. The molecule has 1 atom stereocenters. The zero-order valence-corrected chi connectivity index (χ0v) is 12.3. The van der Waals surface area contributed by atoms with Gasteiger partial charge in [0.2, 0.25) is 0 Å². The molecule has 0 saturated carbocycles. The number of rotatable bonds is 7. The molecule has 0 rings (SSSR count). The Labute approximate surface area is 102 Å². The number of hydrogen-bond acceptors (Lipinski definition) is 3. The van der Waals surface area contributed by atoms with Gasteiger partial charge in [0, 0.05) is 18.1 Å². The van der Waals surface area contributed by atoms with Crippen LogP contribution in [0, 0.1) is 0 Å². The smallest absolute Gasteiger partial charge is 0.0189 e. The summed E-state index contributed by atoms with van der Waals surface area (Å²) in [6.45, 7) is 12.3. The molecule has 0 aromatic heterocycles. The molecule has 0 aliphatic carbocycles. The molecule has 0 fully saturated rings. The molecule has 0 aliphatic heterocycles. The molecule has 3 nitrogen and oxygen atoms in total. The van der Waals surface area contributed by atoms with Gasteiger partial charge in [0.05, 0.1) is 0 Å². The maximum absolute atomic E-state index is 3.55. The van der Waals surface area contributed by atoms with Gasteiger partial charge in [-0.15, -0.1) is 0 Å². The van der Waals surface area contributed by atoms with Crippen molar-refractivity contribution in [3.05, 3.63) is 0 Å². The quantitative estimate of drug-likeness (QED) is 0.716. The fourth-order valence-electron chi connectivity index (χ4n) is 1.47. The van der Waals surface area contributed by atoms with Crippen LogP contribution in [0.25, 0.3) is 0 Å². The Kier molecular flexibility index (Phi) is 7.20. The van der Waals surface area contributed by atoms with E-state index in [4.69, 9.17) is 0 Å². The molecule has 0 bridgehead atoms. The molecule has 0 amide bonds. The van der Waals surface area contributed by atoms with E-state index in [1.165, 1.54) is 19.5 Å². The van der Waals surface area contributed by atoms with E-state index >= 15 is 0 Å². The maximum Gasteiger partial charge on any atom is 0.0189 e. The van der Waals surface area contributed by atoms with E-state index in [0.29, 0.717) is 6.04 Å². The summed E-state index contributed by atoms with van der Waals surface area (Å²) < 4.78 is 0. The lowest BCUT2D eigenvalue weighted by atomic mass is 10.1. The first-order chi connectivity index (χ1) is 7.22. The fourth-order valence-corrected chi connectivity index (χ4v) is 1.47. The first kappa shape index (κ1) is 15.9. The number of nitrogens with zero attached hydrogens (tertiary/aromatic N) is 2. The van der Waals surface area contributed by atoms with Gasteiger partial charge >= 0.3 is 0 Å². The number of likely N-dealkylation sites (N-methyl/N-ethyl adjacent to an activating group) is 1. The molecule has 0 aromatic rings. The average molecular weight is 229 g/mol. The summed E-state index contributed by atoms with van der Waals surface area (Å²) in [6, 6.07) is 0.599. The van der Waals surface area contributed by atoms with Crippen molar-refractivity contribution in [2.45, 2.75) is 45.7 Å². The Morgan fingerprint density at radius 3 is 2.06 bits per heavy atom. The molecular weight excluding hydrogens is 198 g/mol. The normalized spacial score (nSPS) is 14.8. The lowest BCUT2D eigenvalue weighted by molar-refractivity contribution is 0.224. The minimum absolute atomic E-state index is 0.221. The highest BCUT2D eigenvalue weighted by Gasteiger charge is 2.13. The van der Waals surface area contributed by atoms with Gasteiger partial charge in [-0.3, -0.25) is 0 Å². The topological polar surface area (TPSA) is 18.5 Å². The van der Waals surface area contributed by atoms with Gasteiger partial charge < -0.3 is 15.1 Å². The lowest BCUT2D eigenvalue weighted by Crippen LogP contribution is -2.45. The minimum Gasteiger partial charge on any atom is -0.311 e. The summed E-state index contributed by atoms with van der Waals surface area (Å²) in [5, 5.41) is 3.55. The van der Waals surface area contributed by atoms with Gasteiger partial charge in [-0.05, 0) is 68.3 Å².